The molecular weight excluding hydrogens is 174 g/mol. The van der Waals surface area contributed by atoms with Gasteiger partial charge in [0.25, 0.3) is 0 Å². The van der Waals surface area contributed by atoms with Gasteiger partial charge in [0.1, 0.15) is 5.78 Å². The van der Waals surface area contributed by atoms with Crippen LogP contribution in [0, 0.1) is 5.92 Å². The summed E-state index contributed by atoms with van der Waals surface area (Å²) in [6.45, 7) is 10.1. The normalized spacial score (nSPS) is 23.1. The highest BCUT2D eigenvalue weighted by Crippen LogP contribution is 2.23. The molecule has 1 fully saturated rings. The molecule has 0 aromatic carbocycles. The molecule has 0 saturated heterocycles. The van der Waals surface area contributed by atoms with E-state index in [0.717, 1.165) is 25.8 Å². The number of hydrogen-bond donors (Lipinski definition) is 0. The van der Waals surface area contributed by atoms with Crippen molar-refractivity contribution >= 4 is 5.78 Å². The second-order valence-electron chi connectivity index (χ2n) is 5.12. The summed E-state index contributed by atoms with van der Waals surface area (Å²) in [5, 5.41) is 0. The number of ketones is 1. The Kier molecular flexibility index (Phi) is 4.11. The number of hydrogen-bond acceptors (Lipinski definition) is 2. The van der Waals surface area contributed by atoms with Crippen LogP contribution in [-0.4, -0.2) is 29.3 Å². The zero-order chi connectivity index (χ0) is 10.7. The first-order valence-electron chi connectivity index (χ1n) is 5.78. The minimum Gasteiger partial charge on any atom is -0.300 e. The van der Waals surface area contributed by atoms with E-state index in [0.29, 0.717) is 23.8 Å². The lowest BCUT2D eigenvalue weighted by Gasteiger charge is -2.33. The van der Waals surface area contributed by atoms with E-state index in [4.69, 9.17) is 0 Å². The van der Waals surface area contributed by atoms with Gasteiger partial charge in [0.15, 0.2) is 0 Å². The molecule has 1 atom stereocenters. The SMILES string of the molecule is CC(C)CN(C(C)C)C1CCC(=O)C1. The van der Waals surface area contributed by atoms with Crippen molar-refractivity contribution in [3.63, 3.8) is 0 Å². The molecule has 0 amide bonds. The molecule has 1 aliphatic rings. The highest BCUT2D eigenvalue weighted by atomic mass is 16.1. The number of carbonyl (C=O) groups excluding carboxylic acids is 1. The van der Waals surface area contributed by atoms with Crippen molar-refractivity contribution in [1.29, 1.82) is 0 Å². The zero-order valence-corrected chi connectivity index (χ0v) is 9.92. The Labute approximate surface area is 87.7 Å². The van der Waals surface area contributed by atoms with E-state index in [2.05, 4.69) is 32.6 Å². The zero-order valence-electron chi connectivity index (χ0n) is 9.92. The summed E-state index contributed by atoms with van der Waals surface area (Å²) in [6, 6.07) is 1.08. The van der Waals surface area contributed by atoms with Crippen LogP contribution in [0.2, 0.25) is 0 Å². The van der Waals surface area contributed by atoms with Gasteiger partial charge in [-0.25, -0.2) is 0 Å². The first kappa shape index (κ1) is 11.7. The van der Waals surface area contributed by atoms with Crippen LogP contribution in [0.15, 0.2) is 0 Å². The van der Waals surface area contributed by atoms with Crippen molar-refractivity contribution in [3.05, 3.63) is 0 Å². The van der Waals surface area contributed by atoms with Gasteiger partial charge in [0.05, 0.1) is 0 Å². The topological polar surface area (TPSA) is 20.3 Å². The van der Waals surface area contributed by atoms with Crippen LogP contribution < -0.4 is 0 Å². The average molecular weight is 197 g/mol. The van der Waals surface area contributed by atoms with Crippen molar-refractivity contribution in [3.8, 4) is 0 Å². The summed E-state index contributed by atoms with van der Waals surface area (Å²) in [7, 11) is 0. The Morgan fingerprint density at radius 3 is 2.36 bits per heavy atom. The molecule has 0 N–H and O–H groups in total. The summed E-state index contributed by atoms with van der Waals surface area (Å²) in [6.07, 6.45) is 2.65. The molecular formula is C12H23NO. The third kappa shape index (κ3) is 3.09. The minimum atomic E-state index is 0.449. The molecule has 1 rings (SSSR count). The molecule has 0 aliphatic heterocycles. The van der Waals surface area contributed by atoms with E-state index in [1.54, 1.807) is 0 Å². The summed E-state index contributed by atoms with van der Waals surface area (Å²) >= 11 is 0. The standard InChI is InChI=1S/C12H23NO/c1-9(2)8-13(10(3)4)11-5-6-12(14)7-11/h9-11H,5-8H2,1-4H3. The van der Waals surface area contributed by atoms with Gasteiger partial charge in [0.2, 0.25) is 0 Å². The maximum atomic E-state index is 11.2. The first-order chi connectivity index (χ1) is 6.50. The van der Waals surface area contributed by atoms with E-state index in [1.165, 1.54) is 0 Å². The predicted molar refractivity (Wildman–Crippen MR) is 59.3 cm³/mol. The molecule has 2 heteroatoms. The molecule has 0 radical (unpaired) electrons. The molecule has 0 aromatic heterocycles. The van der Waals surface area contributed by atoms with Crippen LogP contribution in [0.1, 0.15) is 47.0 Å². The predicted octanol–water partition coefficient (Wildman–Crippen LogP) is 2.47. The third-order valence-electron chi connectivity index (χ3n) is 2.93. The van der Waals surface area contributed by atoms with Gasteiger partial charge in [-0.15, -0.1) is 0 Å². The van der Waals surface area contributed by atoms with E-state index in [9.17, 15) is 4.79 Å². The number of rotatable bonds is 4. The van der Waals surface area contributed by atoms with Gasteiger partial charge >= 0.3 is 0 Å². The van der Waals surface area contributed by atoms with E-state index < -0.39 is 0 Å². The Morgan fingerprint density at radius 2 is 2.00 bits per heavy atom. The summed E-state index contributed by atoms with van der Waals surface area (Å²) in [4.78, 5) is 13.7. The van der Waals surface area contributed by atoms with Gasteiger partial charge < -0.3 is 0 Å². The van der Waals surface area contributed by atoms with Crippen LogP contribution in [-0.2, 0) is 4.79 Å². The molecule has 0 spiro atoms. The van der Waals surface area contributed by atoms with Crippen molar-refractivity contribution in [2.75, 3.05) is 6.54 Å². The summed E-state index contributed by atoms with van der Waals surface area (Å²) in [5.41, 5.74) is 0. The quantitative estimate of drug-likeness (QED) is 0.690. The molecule has 82 valence electrons. The van der Waals surface area contributed by atoms with E-state index >= 15 is 0 Å². The summed E-state index contributed by atoms with van der Waals surface area (Å²) < 4.78 is 0. The average Bonchev–Trinajstić information content (AvgIpc) is 2.46. The maximum Gasteiger partial charge on any atom is 0.134 e. The molecule has 1 unspecified atom stereocenters. The fourth-order valence-electron chi connectivity index (χ4n) is 2.28. The fraction of sp³-hybridized carbons (Fsp3) is 0.917. The van der Waals surface area contributed by atoms with E-state index in [1.807, 2.05) is 0 Å². The Balaban J connectivity index is 2.54. The third-order valence-corrected chi connectivity index (χ3v) is 2.93. The lowest BCUT2D eigenvalue weighted by molar-refractivity contribution is -0.117. The molecule has 0 heterocycles. The van der Waals surface area contributed by atoms with Crippen molar-refractivity contribution in [2.24, 2.45) is 5.92 Å². The molecule has 1 saturated carbocycles. The maximum absolute atomic E-state index is 11.2. The van der Waals surface area contributed by atoms with Crippen LogP contribution in [0.25, 0.3) is 0 Å². The van der Waals surface area contributed by atoms with Crippen molar-refractivity contribution < 1.29 is 4.79 Å². The lowest BCUT2D eigenvalue weighted by atomic mass is 10.1. The monoisotopic (exact) mass is 197 g/mol. The fourth-order valence-corrected chi connectivity index (χ4v) is 2.28. The second-order valence-corrected chi connectivity index (χ2v) is 5.12. The van der Waals surface area contributed by atoms with Crippen molar-refractivity contribution in [1.82, 2.24) is 4.90 Å². The van der Waals surface area contributed by atoms with Gasteiger partial charge in [-0.2, -0.15) is 0 Å². The van der Waals surface area contributed by atoms with Gasteiger partial charge in [-0.3, -0.25) is 9.69 Å². The number of nitrogens with zero attached hydrogens (tertiary/aromatic N) is 1. The van der Waals surface area contributed by atoms with Crippen LogP contribution in [0.5, 0.6) is 0 Å². The highest BCUT2D eigenvalue weighted by molar-refractivity contribution is 5.81. The van der Waals surface area contributed by atoms with Crippen LogP contribution in [0.3, 0.4) is 0 Å². The Morgan fingerprint density at radius 1 is 1.36 bits per heavy atom. The molecule has 14 heavy (non-hydrogen) atoms. The van der Waals surface area contributed by atoms with Gasteiger partial charge in [-0.1, -0.05) is 13.8 Å². The highest BCUT2D eigenvalue weighted by Gasteiger charge is 2.29. The van der Waals surface area contributed by atoms with E-state index in [-0.39, 0.29) is 0 Å². The molecule has 0 bridgehead atoms. The van der Waals surface area contributed by atoms with Crippen LogP contribution >= 0.6 is 0 Å². The molecule has 0 aromatic rings. The second kappa shape index (κ2) is 4.92. The largest absolute Gasteiger partial charge is 0.300 e. The van der Waals surface area contributed by atoms with Crippen molar-refractivity contribution in [2.45, 2.75) is 59.0 Å². The lowest BCUT2D eigenvalue weighted by Crippen LogP contribution is -2.41. The number of carbonyl (C=O) groups is 1. The summed E-state index contributed by atoms with van der Waals surface area (Å²) in [5.74, 6) is 1.14. The molecule has 1 aliphatic carbocycles. The van der Waals surface area contributed by atoms with Gasteiger partial charge in [0, 0.05) is 31.5 Å². The van der Waals surface area contributed by atoms with Crippen LogP contribution in [0.4, 0.5) is 0 Å². The Hall–Kier alpha value is -0.370. The smallest absolute Gasteiger partial charge is 0.134 e. The van der Waals surface area contributed by atoms with Gasteiger partial charge in [-0.05, 0) is 26.2 Å². The number of Topliss-reactive ketones (excluding diaryl/α,β-unsaturated/α-hetero) is 1. The molecule has 2 nitrogen and oxygen atoms in total. The Bertz CT molecular complexity index is 198. The minimum absolute atomic E-state index is 0.449. The first-order valence-corrected chi connectivity index (χ1v) is 5.78.